The van der Waals surface area contributed by atoms with Crippen LogP contribution in [0.4, 0.5) is 5.69 Å². The summed E-state index contributed by atoms with van der Waals surface area (Å²) in [6.07, 6.45) is 2.25. The van der Waals surface area contributed by atoms with E-state index >= 15 is 0 Å². The number of nitrogens with zero attached hydrogens (tertiary/aromatic N) is 3. The van der Waals surface area contributed by atoms with Crippen molar-refractivity contribution in [2.45, 2.75) is 67.5 Å². The molecular weight excluding hydrogens is 370 g/mol. The van der Waals surface area contributed by atoms with Gasteiger partial charge in [0.1, 0.15) is 5.56 Å². The predicted octanol–water partition coefficient (Wildman–Crippen LogP) is 5.34. The van der Waals surface area contributed by atoms with Crippen LogP contribution in [0.3, 0.4) is 0 Å². The van der Waals surface area contributed by atoms with Crippen LogP contribution in [0, 0.1) is 17.0 Å². The summed E-state index contributed by atoms with van der Waals surface area (Å²) in [6.45, 7) is 13.8. The number of ketones is 1. The van der Waals surface area contributed by atoms with Gasteiger partial charge < -0.3 is 4.74 Å². The number of aryl methyl sites for hydroxylation is 1. The summed E-state index contributed by atoms with van der Waals surface area (Å²) < 4.78 is 7.58. The summed E-state index contributed by atoms with van der Waals surface area (Å²) in [6, 6.07) is 2.93. The monoisotopic (exact) mass is 399 g/mol. The van der Waals surface area contributed by atoms with Crippen molar-refractivity contribution >= 4 is 17.0 Å². The second-order valence-corrected chi connectivity index (χ2v) is 7.60. The minimum atomic E-state index is -0.407. The number of nitro benzene ring substituents is 1. The van der Waals surface area contributed by atoms with Crippen LogP contribution in [0.5, 0.6) is 5.88 Å². The van der Waals surface area contributed by atoms with Gasteiger partial charge in [0.2, 0.25) is 5.88 Å². The van der Waals surface area contributed by atoms with E-state index in [4.69, 9.17) is 4.74 Å². The molecule has 0 saturated carbocycles. The molecule has 7 heteroatoms. The Morgan fingerprint density at radius 1 is 1.24 bits per heavy atom. The first-order valence-electron chi connectivity index (χ1n) is 9.79. The molecule has 1 aromatic carbocycles. The number of rotatable bonds is 8. The fourth-order valence-corrected chi connectivity index (χ4v) is 3.21. The molecule has 0 bridgehead atoms. The van der Waals surface area contributed by atoms with E-state index < -0.39 is 4.92 Å². The highest BCUT2D eigenvalue weighted by atomic mass is 16.6. The minimum Gasteiger partial charge on any atom is -0.475 e. The molecule has 0 aliphatic rings. The molecule has 0 spiro atoms. The smallest absolute Gasteiger partial charge is 0.277 e. The highest BCUT2D eigenvalue weighted by Gasteiger charge is 2.27. The number of aromatic nitrogens is 2. The zero-order chi connectivity index (χ0) is 21.9. The summed E-state index contributed by atoms with van der Waals surface area (Å²) in [5.41, 5.74) is 3.61. The number of hydrogen-bond donors (Lipinski definition) is 0. The standard InChI is InChI=1S/C22H29N3O4/c1-8-11-24-22(29-14(4)5)18(12-23-24)21(26)17-9-10-19(25(27)28)20(16(17)7)15(6)13(2)3/h9-10,12,14H,8,11H2,1-7H3. The highest BCUT2D eigenvalue weighted by molar-refractivity contribution is 6.12. The van der Waals surface area contributed by atoms with Gasteiger partial charge in [0.15, 0.2) is 5.78 Å². The van der Waals surface area contributed by atoms with Crippen molar-refractivity contribution in [1.29, 1.82) is 0 Å². The third-order valence-corrected chi connectivity index (χ3v) is 4.83. The summed E-state index contributed by atoms with van der Waals surface area (Å²) >= 11 is 0. The van der Waals surface area contributed by atoms with Crippen LogP contribution < -0.4 is 4.74 Å². The largest absolute Gasteiger partial charge is 0.475 e. The van der Waals surface area contributed by atoms with Gasteiger partial charge in [0, 0.05) is 18.2 Å². The maximum Gasteiger partial charge on any atom is 0.277 e. The van der Waals surface area contributed by atoms with Crippen molar-refractivity contribution in [3.63, 3.8) is 0 Å². The average molecular weight is 399 g/mol. The Bertz CT molecular complexity index is 967. The average Bonchev–Trinajstić information content (AvgIpc) is 3.02. The van der Waals surface area contributed by atoms with Gasteiger partial charge in [-0.2, -0.15) is 5.10 Å². The predicted molar refractivity (Wildman–Crippen MR) is 113 cm³/mol. The van der Waals surface area contributed by atoms with Crippen LogP contribution >= 0.6 is 0 Å². The van der Waals surface area contributed by atoms with E-state index in [1.54, 1.807) is 11.6 Å². The molecule has 0 unspecified atom stereocenters. The number of nitro groups is 1. The van der Waals surface area contributed by atoms with Gasteiger partial charge in [0.25, 0.3) is 5.69 Å². The molecule has 7 nitrogen and oxygen atoms in total. The van der Waals surface area contributed by atoms with Gasteiger partial charge >= 0.3 is 0 Å². The fraction of sp³-hybridized carbons (Fsp3) is 0.455. The lowest BCUT2D eigenvalue weighted by atomic mass is 9.90. The van der Waals surface area contributed by atoms with Gasteiger partial charge in [-0.25, -0.2) is 4.68 Å². The van der Waals surface area contributed by atoms with E-state index in [0.29, 0.717) is 34.7 Å². The van der Waals surface area contributed by atoms with Gasteiger partial charge in [0.05, 0.1) is 22.8 Å². The Labute approximate surface area is 171 Å². The van der Waals surface area contributed by atoms with Gasteiger partial charge in [-0.3, -0.25) is 14.9 Å². The number of ether oxygens (including phenoxy) is 1. The number of allylic oxidation sites excluding steroid dienone is 2. The molecule has 0 N–H and O–H groups in total. The van der Waals surface area contributed by atoms with Crippen molar-refractivity contribution in [1.82, 2.24) is 9.78 Å². The van der Waals surface area contributed by atoms with Crippen LogP contribution in [-0.2, 0) is 6.54 Å². The van der Waals surface area contributed by atoms with Crippen LogP contribution in [0.1, 0.15) is 75.0 Å². The minimum absolute atomic E-state index is 0.00178. The first kappa shape index (κ1) is 22.3. The Morgan fingerprint density at radius 2 is 1.90 bits per heavy atom. The van der Waals surface area contributed by atoms with Crippen LogP contribution in [-0.4, -0.2) is 26.6 Å². The van der Waals surface area contributed by atoms with Crippen molar-refractivity contribution < 1.29 is 14.5 Å². The molecule has 2 aromatic rings. The number of carbonyl (C=O) groups is 1. The Kier molecular flexibility index (Phi) is 6.95. The van der Waals surface area contributed by atoms with Gasteiger partial charge in [-0.15, -0.1) is 0 Å². The van der Waals surface area contributed by atoms with Crippen molar-refractivity contribution in [3.8, 4) is 5.88 Å². The van der Waals surface area contributed by atoms with E-state index in [9.17, 15) is 14.9 Å². The summed E-state index contributed by atoms with van der Waals surface area (Å²) in [5.74, 6) is 0.184. The van der Waals surface area contributed by atoms with E-state index in [1.165, 1.54) is 18.3 Å². The molecular formula is C22H29N3O4. The number of hydrogen-bond acceptors (Lipinski definition) is 5. The molecule has 156 valence electrons. The molecule has 0 amide bonds. The molecule has 0 radical (unpaired) electrons. The molecule has 1 aromatic heterocycles. The first-order chi connectivity index (χ1) is 13.6. The molecule has 2 rings (SSSR count). The molecule has 0 fully saturated rings. The maximum atomic E-state index is 13.4. The Morgan fingerprint density at radius 3 is 2.41 bits per heavy atom. The lowest BCUT2D eigenvalue weighted by Crippen LogP contribution is -2.14. The van der Waals surface area contributed by atoms with Crippen LogP contribution in [0.2, 0.25) is 0 Å². The molecule has 0 saturated heterocycles. The Hall–Kier alpha value is -2.96. The summed E-state index contributed by atoms with van der Waals surface area (Å²) in [4.78, 5) is 24.6. The SMILES string of the molecule is CCCn1ncc(C(=O)c2ccc([N+](=O)[O-])c(C(C)=C(C)C)c2C)c1OC(C)C. The normalized spacial score (nSPS) is 10.9. The maximum absolute atomic E-state index is 13.4. The molecule has 1 heterocycles. The van der Waals surface area contributed by atoms with Crippen molar-refractivity contribution in [2.24, 2.45) is 0 Å². The third kappa shape index (κ3) is 4.55. The second kappa shape index (κ2) is 9.03. The van der Waals surface area contributed by atoms with E-state index in [0.717, 1.165) is 17.6 Å². The number of benzene rings is 1. The van der Waals surface area contributed by atoms with Crippen molar-refractivity contribution in [2.75, 3.05) is 0 Å². The second-order valence-electron chi connectivity index (χ2n) is 7.60. The van der Waals surface area contributed by atoms with E-state index in [1.807, 2.05) is 41.5 Å². The third-order valence-electron chi connectivity index (χ3n) is 4.83. The molecule has 0 aliphatic heterocycles. The molecule has 0 aliphatic carbocycles. The van der Waals surface area contributed by atoms with Gasteiger partial charge in [-0.1, -0.05) is 12.5 Å². The molecule has 0 atom stereocenters. The Balaban J connectivity index is 2.67. The van der Waals surface area contributed by atoms with Gasteiger partial charge in [-0.05, 0) is 65.2 Å². The molecule has 29 heavy (non-hydrogen) atoms. The van der Waals surface area contributed by atoms with Crippen LogP contribution in [0.25, 0.3) is 5.57 Å². The zero-order valence-electron chi connectivity index (χ0n) is 18.2. The summed E-state index contributed by atoms with van der Waals surface area (Å²) in [5, 5.41) is 15.9. The topological polar surface area (TPSA) is 87.3 Å². The first-order valence-corrected chi connectivity index (χ1v) is 9.79. The van der Waals surface area contributed by atoms with Crippen molar-refractivity contribution in [3.05, 3.63) is 56.3 Å². The lowest BCUT2D eigenvalue weighted by molar-refractivity contribution is -0.385. The quantitative estimate of drug-likeness (QED) is 0.340. The van der Waals surface area contributed by atoms with E-state index in [2.05, 4.69) is 5.10 Å². The number of carbonyl (C=O) groups excluding carboxylic acids is 1. The summed E-state index contributed by atoms with van der Waals surface area (Å²) in [7, 11) is 0. The fourth-order valence-electron chi connectivity index (χ4n) is 3.21. The van der Waals surface area contributed by atoms with E-state index in [-0.39, 0.29) is 17.6 Å². The highest BCUT2D eigenvalue weighted by Crippen LogP contribution is 2.34. The zero-order valence-corrected chi connectivity index (χ0v) is 18.2. The van der Waals surface area contributed by atoms with Crippen LogP contribution in [0.15, 0.2) is 23.9 Å². The lowest BCUT2D eigenvalue weighted by Gasteiger charge is -2.15.